The number of carbonyl (C=O) groups is 1. The lowest BCUT2D eigenvalue weighted by Gasteiger charge is -2.30. The normalized spacial score (nSPS) is 15.0. The molecule has 3 aromatic rings. The number of fused-ring (bicyclic) bond motifs is 1. The number of rotatable bonds is 7. The topological polar surface area (TPSA) is 81.3 Å². The first-order chi connectivity index (χ1) is 14.9. The van der Waals surface area contributed by atoms with Gasteiger partial charge in [0.2, 0.25) is 11.7 Å². The van der Waals surface area contributed by atoms with Crippen LogP contribution in [0.2, 0.25) is 0 Å². The molecule has 0 radical (unpaired) electrons. The van der Waals surface area contributed by atoms with E-state index < -0.39 is 4.92 Å². The Bertz CT molecular complexity index is 1100. The zero-order chi connectivity index (χ0) is 22.0. The molecule has 1 aliphatic carbocycles. The molecule has 0 saturated carbocycles. The number of hydrogen-bond donors (Lipinski definition) is 0. The predicted molar refractivity (Wildman–Crippen MR) is 117 cm³/mol. The van der Waals surface area contributed by atoms with Gasteiger partial charge in [0.25, 0.3) is 0 Å². The van der Waals surface area contributed by atoms with Crippen LogP contribution in [0.3, 0.4) is 0 Å². The Hall–Kier alpha value is -3.48. The molecule has 0 aliphatic heterocycles. The molecule has 0 fully saturated rings. The fraction of sp³-hybridized carbons (Fsp3) is 0.333. The summed E-state index contributed by atoms with van der Waals surface area (Å²) < 4.78 is 1.68. The minimum absolute atomic E-state index is 0.0398. The highest BCUT2D eigenvalue weighted by atomic mass is 16.6. The van der Waals surface area contributed by atoms with Crippen LogP contribution >= 0.6 is 0 Å². The summed E-state index contributed by atoms with van der Waals surface area (Å²) in [5.41, 5.74) is 4.80. The monoisotopic (exact) mass is 418 g/mol. The van der Waals surface area contributed by atoms with Gasteiger partial charge in [0.1, 0.15) is 6.20 Å². The molecule has 1 heterocycles. The third-order valence-corrected chi connectivity index (χ3v) is 5.99. The molecule has 1 aliphatic rings. The van der Waals surface area contributed by atoms with E-state index in [9.17, 15) is 14.9 Å². The van der Waals surface area contributed by atoms with E-state index in [4.69, 9.17) is 0 Å². The van der Waals surface area contributed by atoms with E-state index >= 15 is 0 Å². The average molecular weight is 418 g/mol. The maximum Gasteiger partial charge on any atom is 0.381 e. The van der Waals surface area contributed by atoms with Gasteiger partial charge in [-0.2, -0.15) is 0 Å². The SMILES string of the molecule is Cc1ccc(CN(C(=O)CCn2cc([N+](=O)[O-])nc2C)[C@H]2CCc3ccccc32)cc1. The lowest BCUT2D eigenvalue weighted by molar-refractivity contribution is -0.389. The molecule has 0 saturated heterocycles. The summed E-state index contributed by atoms with van der Waals surface area (Å²) in [5.74, 6) is 0.389. The van der Waals surface area contributed by atoms with E-state index in [-0.39, 0.29) is 24.2 Å². The summed E-state index contributed by atoms with van der Waals surface area (Å²) in [5, 5.41) is 11.0. The Labute approximate surface area is 181 Å². The maximum atomic E-state index is 13.4. The summed E-state index contributed by atoms with van der Waals surface area (Å²) in [6.07, 6.45) is 3.54. The Morgan fingerprint density at radius 3 is 2.65 bits per heavy atom. The van der Waals surface area contributed by atoms with Crippen molar-refractivity contribution in [2.45, 2.75) is 52.2 Å². The summed E-state index contributed by atoms with van der Waals surface area (Å²) >= 11 is 0. The minimum Gasteiger partial charge on any atom is -0.358 e. The Morgan fingerprint density at radius 1 is 1.19 bits per heavy atom. The standard InChI is InChI=1S/C24H26N4O3/c1-17-7-9-19(10-8-17)15-27(22-12-11-20-5-3-4-6-21(20)22)24(29)13-14-26-16-23(28(30)31)25-18(26)2/h3-10,16,22H,11-15H2,1-2H3/t22-/m0/s1. The van der Waals surface area contributed by atoms with E-state index in [1.807, 2.05) is 24.0 Å². The number of benzene rings is 2. The second-order valence-electron chi connectivity index (χ2n) is 8.11. The first kappa shape index (κ1) is 20.8. The Balaban J connectivity index is 1.55. The minimum atomic E-state index is -0.509. The van der Waals surface area contributed by atoms with Gasteiger partial charge < -0.3 is 19.6 Å². The number of hydrogen-bond acceptors (Lipinski definition) is 4. The molecule has 7 heteroatoms. The summed E-state index contributed by atoms with van der Waals surface area (Å²) in [4.78, 5) is 29.8. The number of nitrogens with zero attached hydrogens (tertiary/aromatic N) is 4. The number of carbonyl (C=O) groups excluding carboxylic acids is 1. The van der Waals surface area contributed by atoms with Crippen molar-refractivity contribution >= 4 is 11.7 Å². The van der Waals surface area contributed by atoms with Crippen LogP contribution in [0.25, 0.3) is 0 Å². The number of amides is 1. The number of aryl methyl sites for hydroxylation is 4. The van der Waals surface area contributed by atoms with Gasteiger partial charge in [0.15, 0.2) is 0 Å². The predicted octanol–water partition coefficient (Wildman–Crippen LogP) is 4.51. The lowest BCUT2D eigenvalue weighted by atomic mass is 10.0. The summed E-state index contributed by atoms with van der Waals surface area (Å²) in [7, 11) is 0. The van der Waals surface area contributed by atoms with Crippen LogP contribution < -0.4 is 0 Å². The Morgan fingerprint density at radius 2 is 1.94 bits per heavy atom. The zero-order valence-corrected chi connectivity index (χ0v) is 17.8. The lowest BCUT2D eigenvalue weighted by Crippen LogP contribution is -2.34. The first-order valence-electron chi connectivity index (χ1n) is 10.5. The number of aromatic nitrogens is 2. The van der Waals surface area contributed by atoms with E-state index in [1.165, 1.54) is 22.9 Å². The van der Waals surface area contributed by atoms with Gasteiger partial charge in [-0.3, -0.25) is 4.79 Å². The molecule has 2 aromatic carbocycles. The fourth-order valence-corrected chi connectivity index (χ4v) is 4.29. The van der Waals surface area contributed by atoms with Crippen LogP contribution in [-0.4, -0.2) is 25.3 Å². The maximum absolute atomic E-state index is 13.4. The van der Waals surface area contributed by atoms with Crippen molar-refractivity contribution in [3.8, 4) is 0 Å². The van der Waals surface area contributed by atoms with Crippen molar-refractivity contribution in [1.29, 1.82) is 0 Å². The van der Waals surface area contributed by atoms with Gasteiger partial charge in [-0.25, -0.2) is 0 Å². The van der Waals surface area contributed by atoms with Crippen molar-refractivity contribution < 1.29 is 9.72 Å². The van der Waals surface area contributed by atoms with Crippen molar-refractivity contribution in [2.75, 3.05) is 0 Å². The molecule has 31 heavy (non-hydrogen) atoms. The summed E-state index contributed by atoms with van der Waals surface area (Å²) in [6, 6.07) is 16.6. The number of nitro groups is 1. The molecule has 7 nitrogen and oxygen atoms in total. The molecule has 1 amide bonds. The molecule has 0 N–H and O–H groups in total. The van der Waals surface area contributed by atoms with Crippen molar-refractivity contribution in [3.63, 3.8) is 0 Å². The van der Waals surface area contributed by atoms with Crippen molar-refractivity contribution in [2.24, 2.45) is 0 Å². The highest BCUT2D eigenvalue weighted by molar-refractivity contribution is 5.77. The van der Waals surface area contributed by atoms with Gasteiger partial charge in [0.05, 0.1) is 6.04 Å². The van der Waals surface area contributed by atoms with Crippen LogP contribution in [0.5, 0.6) is 0 Å². The van der Waals surface area contributed by atoms with E-state index in [2.05, 4.69) is 41.4 Å². The quantitative estimate of drug-likeness (QED) is 0.417. The molecular formula is C24H26N4O3. The van der Waals surface area contributed by atoms with Gasteiger partial charge >= 0.3 is 5.82 Å². The first-order valence-corrected chi connectivity index (χ1v) is 10.5. The highest BCUT2D eigenvalue weighted by Crippen LogP contribution is 2.37. The highest BCUT2D eigenvalue weighted by Gasteiger charge is 2.31. The fourth-order valence-electron chi connectivity index (χ4n) is 4.29. The van der Waals surface area contributed by atoms with E-state index in [0.717, 1.165) is 18.4 Å². The molecule has 0 bridgehead atoms. The largest absolute Gasteiger partial charge is 0.381 e. The van der Waals surface area contributed by atoms with E-state index in [0.29, 0.717) is 18.9 Å². The van der Waals surface area contributed by atoms with Gasteiger partial charge in [-0.15, -0.1) is 0 Å². The molecule has 1 aromatic heterocycles. The molecular weight excluding hydrogens is 392 g/mol. The molecule has 160 valence electrons. The van der Waals surface area contributed by atoms with Gasteiger partial charge in [-0.05, 0) is 46.4 Å². The van der Waals surface area contributed by atoms with Gasteiger partial charge in [-0.1, -0.05) is 54.1 Å². The summed E-state index contributed by atoms with van der Waals surface area (Å²) in [6.45, 7) is 4.67. The third-order valence-electron chi connectivity index (χ3n) is 5.99. The van der Waals surface area contributed by atoms with E-state index in [1.54, 1.807) is 11.5 Å². The van der Waals surface area contributed by atoms with Crippen LogP contribution in [0.1, 0.15) is 47.0 Å². The smallest absolute Gasteiger partial charge is 0.358 e. The third kappa shape index (κ3) is 4.50. The molecule has 4 rings (SSSR count). The number of imidazole rings is 1. The Kier molecular flexibility index (Phi) is 5.84. The average Bonchev–Trinajstić information content (AvgIpc) is 3.35. The van der Waals surface area contributed by atoms with Crippen LogP contribution in [0.4, 0.5) is 5.82 Å². The molecule has 0 spiro atoms. The second-order valence-corrected chi connectivity index (χ2v) is 8.11. The molecule has 1 atom stereocenters. The van der Waals surface area contributed by atoms with Gasteiger partial charge in [0, 0.05) is 26.4 Å². The molecule has 0 unspecified atom stereocenters. The second kappa shape index (κ2) is 8.71. The van der Waals surface area contributed by atoms with Crippen molar-refractivity contribution in [3.05, 3.63) is 92.9 Å². The van der Waals surface area contributed by atoms with Crippen LogP contribution in [0, 0.1) is 24.0 Å². The van der Waals surface area contributed by atoms with Crippen LogP contribution in [-0.2, 0) is 24.3 Å². The van der Waals surface area contributed by atoms with Crippen LogP contribution in [0.15, 0.2) is 54.7 Å². The zero-order valence-electron chi connectivity index (χ0n) is 17.8. The van der Waals surface area contributed by atoms with Crippen molar-refractivity contribution in [1.82, 2.24) is 14.5 Å².